The van der Waals surface area contributed by atoms with Gasteiger partial charge in [-0.25, -0.2) is 0 Å². The van der Waals surface area contributed by atoms with Crippen LogP contribution in [0.3, 0.4) is 0 Å². The molecular formula is C24H25ClN2O5S2. The molecule has 1 fully saturated rings. The van der Waals surface area contributed by atoms with Gasteiger partial charge in [0.25, 0.3) is 15.9 Å². The van der Waals surface area contributed by atoms with Gasteiger partial charge in [0.05, 0.1) is 23.5 Å². The van der Waals surface area contributed by atoms with Crippen LogP contribution < -0.4 is 9.47 Å². The number of thioether (sulfide) groups is 1. The van der Waals surface area contributed by atoms with Crippen molar-refractivity contribution >= 4 is 50.5 Å². The van der Waals surface area contributed by atoms with Gasteiger partial charge in [0.15, 0.2) is 16.7 Å². The number of unbranched alkanes of at least 4 members (excludes halogenated alkanes) is 1. The largest absolute Gasteiger partial charge is 0.493 e. The molecule has 0 unspecified atom stereocenters. The van der Waals surface area contributed by atoms with Crippen LogP contribution in [-0.4, -0.2) is 44.7 Å². The fourth-order valence-corrected chi connectivity index (χ4v) is 5.32. The number of halogens is 1. The van der Waals surface area contributed by atoms with E-state index >= 15 is 0 Å². The molecule has 180 valence electrons. The van der Waals surface area contributed by atoms with E-state index in [9.17, 15) is 13.2 Å². The van der Waals surface area contributed by atoms with Crippen LogP contribution in [0, 0.1) is 0 Å². The number of hydrogen-bond acceptors (Lipinski definition) is 6. The molecule has 7 nitrogen and oxygen atoms in total. The minimum Gasteiger partial charge on any atom is -0.493 e. The highest BCUT2D eigenvalue weighted by Crippen LogP contribution is 2.35. The maximum Gasteiger partial charge on any atom is 0.284 e. The molecule has 1 heterocycles. The van der Waals surface area contributed by atoms with Crippen LogP contribution in [0.4, 0.5) is 0 Å². The van der Waals surface area contributed by atoms with Crippen molar-refractivity contribution in [2.45, 2.75) is 24.7 Å². The molecular weight excluding hydrogens is 496 g/mol. The molecule has 0 aliphatic carbocycles. The molecule has 0 aromatic heterocycles. The van der Waals surface area contributed by atoms with Gasteiger partial charge in [-0.3, -0.25) is 9.69 Å². The van der Waals surface area contributed by atoms with E-state index in [-0.39, 0.29) is 22.5 Å². The van der Waals surface area contributed by atoms with Crippen LogP contribution in [-0.2, 0) is 14.8 Å². The fraction of sp³-hybridized carbons (Fsp3) is 0.250. The Kier molecular flexibility index (Phi) is 8.82. The minimum atomic E-state index is -4.04. The van der Waals surface area contributed by atoms with Gasteiger partial charge in [0.2, 0.25) is 0 Å². The first-order valence-corrected chi connectivity index (χ1v) is 13.2. The van der Waals surface area contributed by atoms with Gasteiger partial charge in [-0.15, -0.1) is 11.0 Å². The van der Waals surface area contributed by atoms with E-state index in [0.717, 1.165) is 24.6 Å². The van der Waals surface area contributed by atoms with E-state index in [0.29, 0.717) is 33.6 Å². The number of ether oxygens (including phenoxy) is 2. The summed E-state index contributed by atoms with van der Waals surface area (Å²) in [6.45, 7) is 6.40. The Morgan fingerprint density at radius 2 is 1.91 bits per heavy atom. The lowest BCUT2D eigenvalue weighted by molar-refractivity contribution is -0.121. The number of amidine groups is 1. The number of benzene rings is 2. The molecule has 1 saturated heterocycles. The van der Waals surface area contributed by atoms with Crippen LogP contribution in [0.15, 0.2) is 69.3 Å². The summed E-state index contributed by atoms with van der Waals surface area (Å²) in [6, 6.07) is 11.0. The third-order valence-electron chi connectivity index (χ3n) is 4.75. The molecule has 3 rings (SSSR count). The van der Waals surface area contributed by atoms with Crippen LogP contribution in [0.1, 0.15) is 25.3 Å². The summed E-state index contributed by atoms with van der Waals surface area (Å²) in [5, 5.41) is 0.465. The molecule has 0 saturated carbocycles. The van der Waals surface area contributed by atoms with Crippen molar-refractivity contribution < 1.29 is 22.7 Å². The fourth-order valence-electron chi connectivity index (χ4n) is 3.00. The van der Waals surface area contributed by atoms with E-state index in [1.165, 1.54) is 35.2 Å². The van der Waals surface area contributed by atoms with Crippen molar-refractivity contribution in [3.05, 3.63) is 70.6 Å². The maximum atomic E-state index is 13.0. The number of sulfonamides is 1. The molecule has 10 heteroatoms. The molecule has 0 bridgehead atoms. The first-order chi connectivity index (χ1) is 16.3. The minimum absolute atomic E-state index is 0.0162. The standard InChI is InChI=1S/C24H25ClN2O5S2/c1-4-6-14-32-21-15-17(7-12-20(21)31-3)16-22-23(28)27(13-5-2)24(33-22)26-34(29,30)19-10-8-18(25)9-11-19/h5,7-12,15-16H,2,4,6,13-14H2,1,3H3/b22-16-,26-24?. The Balaban J connectivity index is 1.94. The Bertz CT molecular complexity index is 1220. The van der Waals surface area contributed by atoms with Crippen LogP contribution >= 0.6 is 23.4 Å². The third-order valence-corrected chi connectivity index (χ3v) is 7.41. The molecule has 0 atom stereocenters. The lowest BCUT2D eigenvalue weighted by Gasteiger charge is -2.12. The van der Waals surface area contributed by atoms with Gasteiger partial charge in [0.1, 0.15) is 0 Å². The van der Waals surface area contributed by atoms with Crippen molar-refractivity contribution in [2.24, 2.45) is 4.40 Å². The van der Waals surface area contributed by atoms with Gasteiger partial charge in [-0.05, 0) is 66.2 Å². The Labute approximate surface area is 209 Å². The van der Waals surface area contributed by atoms with Crippen LogP contribution in [0.5, 0.6) is 11.5 Å². The second kappa shape index (κ2) is 11.6. The highest BCUT2D eigenvalue weighted by atomic mass is 35.5. The predicted octanol–water partition coefficient (Wildman–Crippen LogP) is 5.37. The van der Waals surface area contributed by atoms with Crippen LogP contribution in [0.2, 0.25) is 5.02 Å². The molecule has 34 heavy (non-hydrogen) atoms. The van der Waals surface area contributed by atoms with Crippen molar-refractivity contribution in [1.29, 1.82) is 0 Å². The van der Waals surface area contributed by atoms with Crippen molar-refractivity contribution in [2.75, 3.05) is 20.3 Å². The van der Waals surface area contributed by atoms with Crippen molar-refractivity contribution in [3.63, 3.8) is 0 Å². The average molecular weight is 521 g/mol. The zero-order chi connectivity index (χ0) is 24.7. The number of amides is 1. The van der Waals surface area contributed by atoms with Gasteiger partial charge in [-0.2, -0.15) is 8.42 Å². The number of methoxy groups -OCH3 is 1. The van der Waals surface area contributed by atoms with Gasteiger partial charge in [0, 0.05) is 11.6 Å². The normalized spacial score (nSPS) is 16.3. The zero-order valence-electron chi connectivity index (χ0n) is 18.9. The summed E-state index contributed by atoms with van der Waals surface area (Å²) in [5.74, 6) is 0.801. The van der Waals surface area contributed by atoms with E-state index in [1.54, 1.807) is 31.4 Å². The smallest absolute Gasteiger partial charge is 0.284 e. The monoisotopic (exact) mass is 520 g/mol. The Morgan fingerprint density at radius 1 is 1.18 bits per heavy atom. The number of carbonyl (C=O) groups excluding carboxylic acids is 1. The SMILES string of the molecule is C=CCN1C(=O)/C(=C/c2ccc(OC)c(OCCCC)c2)SC1=NS(=O)(=O)c1ccc(Cl)cc1. The molecule has 2 aromatic carbocycles. The Morgan fingerprint density at radius 3 is 2.56 bits per heavy atom. The summed E-state index contributed by atoms with van der Waals surface area (Å²) in [5.41, 5.74) is 0.712. The topological polar surface area (TPSA) is 85.3 Å². The number of hydrogen-bond donors (Lipinski definition) is 0. The lowest BCUT2D eigenvalue weighted by Crippen LogP contribution is -2.29. The van der Waals surface area contributed by atoms with Gasteiger partial charge >= 0.3 is 0 Å². The lowest BCUT2D eigenvalue weighted by atomic mass is 10.2. The first-order valence-electron chi connectivity index (χ1n) is 10.5. The second-order valence-electron chi connectivity index (χ2n) is 7.23. The summed E-state index contributed by atoms with van der Waals surface area (Å²) in [7, 11) is -2.48. The van der Waals surface area contributed by atoms with E-state index in [4.69, 9.17) is 21.1 Å². The van der Waals surface area contributed by atoms with E-state index < -0.39 is 10.0 Å². The number of carbonyl (C=O) groups is 1. The van der Waals surface area contributed by atoms with Crippen molar-refractivity contribution in [3.8, 4) is 11.5 Å². The third kappa shape index (κ3) is 6.22. The number of nitrogens with zero attached hydrogens (tertiary/aromatic N) is 2. The number of rotatable bonds is 10. The highest BCUT2D eigenvalue weighted by molar-refractivity contribution is 8.19. The molecule has 0 spiro atoms. The second-order valence-corrected chi connectivity index (χ2v) is 10.3. The molecule has 0 radical (unpaired) electrons. The highest BCUT2D eigenvalue weighted by Gasteiger charge is 2.34. The molecule has 1 aliphatic rings. The molecule has 0 N–H and O–H groups in total. The average Bonchev–Trinajstić information content (AvgIpc) is 3.08. The zero-order valence-corrected chi connectivity index (χ0v) is 21.3. The van der Waals surface area contributed by atoms with E-state index in [2.05, 4.69) is 17.9 Å². The quantitative estimate of drug-likeness (QED) is 0.238. The first kappa shape index (κ1) is 25.9. The summed E-state index contributed by atoms with van der Waals surface area (Å²) in [4.78, 5) is 14.6. The van der Waals surface area contributed by atoms with Gasteiger partial charge < -0.3 is 9.47 Å². The van der Waals surface area contributed by atoms with E-state index in [1.807, 2.05) is 0 Å². The van der Waals surface area contributed by atoms with Gasteiger partial charge in [-0.1, -0.05) is 37.1 Å². The molecule has 1 amide bonds. The molecule has 2 aromatic rings. The maximum absolute atomic E-state index is 13.0. The molecule has 1 aliphatic heterocycles. The summed E-state index contributed by atoms with van der Waals surface area (Å²) >= 11 is 6.84. The van der Waals surface area contributed by atoms with Crippen LogP contribution in [0.25, 0.3) is 6.08 Å². The Hall–Kier alpha value is -2.75. The summed E-state index contributed by atoms with van der Waals surface area (Å²) in [6.07, 6.45) is 5.09. The summed E-state index contributed by atoms with van der Waals surface area (Å²) < 4.78 is 40.7. The predicted molar refractivity (Wildman–Crippen MR) is 137 cm³/mol. The van der Waals surface area contributed by atoms with Crippen molar-refractivity contribution in [1.82, 2.24) is 4.90 Å².